The largest absolute Gasteiger partial charge is 0.383 e. The Balaban J connectivity index is 1.27. The third-order valence-electron chi connectivity index (χ3n) is 7.53. The number of Topliss-reactive ketones (excluding diaryl/α,β-unsaturated/α-hetero) is 1. The van der Waals surface area contributed by atoms with Crippen molar-refractivity contribution in [2.45, 2.75) is 38.8 Å². The number of nitrogen functional groups attached to an aromatic ring is 1. The Labute approximate surface area is 232 Å². The van der Waals surface area contributed by atoms with E-state index in [1.807, 2.05) is 4.90 Å². The number of nitrogens with two attached hydrogens (primary N) is 1. The highest BCUT2D eigenvalue weighted by molar-refractivity contribution is 5.96. The number of anilines is 4. The maximum absolute atomic E-state index is 13.5. The number of hydrogen-bond donors (Lipinski definition) is 3. The Bertz CT molecular complexity index is 1620. The maximum Gasteiger partial charge on any atom is 0.332 e. The number of carbonyl (C=O) groups is 2. The summed E-state index contributed by atoms with van der Waals surface area (Å²) in [6.07, 6.45) is 4.54. The minimum atomic E-state index is -2.57. The zero-order valence-corrected chi connectivity index (χ0v) is 22.6. The summed E-state index contributed by atoms with van der Waals surface area (Å²) in [6.45, 7) is 3.23. The number of nitrogens with zero attached hydrogens (tertiary/aromatic N) is 6. The topological polar surface area (TPSA) is 170 Å². The summed E-state index contributed by atoms with van der Waals surface area (Å²) < 4.78 is 28.8. The third kappa shape index (κ3) is 5.14. The van der Waals surface area contributed by atoms with Crippen LogP contribution in [0.4, 0.5) is 31.9 Å². The molecule has 0 spiro atoms. The number of ketones is 1. The summed E-state index contributed by atoms with van der Waals surface area (Å²) in [7, 11) is 1.36. The number of amides is 1. The molecule has 13 nitrogen and oxygen atoms in total. The molecule has 4 heterocycles. The second kappa shape index (κ2) is 10.4. The second-order valence-electron chi connectivity index (χ2n) is 10.2. The van der Waals surface area contributed by atoms with E-state index in [0.29, 0.717) is 17.1 Å². The molecule has 0 radical (unpaired) electrons. The molecule has 2 aliphatic rings. The number of halogens is 2. The molecular formula is C26H29F2N9O4. The SMILES string of the molecule is CCC(=O)Cn1c(=O)c(N[C@@H](C)C(=O)Nc2cncc(-c3ccc(N4CC5C(C4)C5(F)F)nc3)n2)c(N)n(C)c1=O. The van der Waals surface area contributed by atoms with Crippen LogP contribution in [-0.2, 0) is 23.2 Å². The number of fused-ring (bicyclic) bond motifs is 1. The van der Waals surface area contributed by atoms with Gasteiger partial charge in [0.25, 0.3) is 11.5 Å². The van der Waals surface area contributed by atoms with Crippen LogP contribution in [0.15, 0.2) is 40.3 Å². The van der Waals surface area contributed by atoms with Crippen molar-refractivity contribution in [2.75, 3.05) is 34.4 Å². The normalized spacial score (nSPS) is 19.4. The molecule has 2 fully saturated rings. The van der Waals surface area contributed by atoms with E-state index >= 15 is 0 Å². The zero-order chi connectivity index (χ0) is 29.6. The van der Waals surface area contributed by atoms with Crippen LogP contribution in [0, 0.1) is 11.8 Å². The minimum Gasteiger partial charge on any atom is -0.383 e. The van der Waals surface area contributed by atoms with Gasteiger partial charge in [-0.05, 0) is 19.1 Å². The molecule has 4 N–H and O–H groups in total. The molecule has 3 aromatic heterocycles. The van der Waals surface area contributed by atoms with Gasteiger partial charge in [-0.15, -0.1) is 0 Å². The molecule has 0 bridgehead atoms. The fraction of sp³-hybridized carbons (Fsp3) is 0.423. The lowest BCUT2D eigenvalue weighted by atomic mass is 10.2. The number of hydrogen-bond acceptors (Lipinski definition) is 10. The highest BCUT2D eigenvalue weighted by atomic mass is 19.3. The van der Waals surface area contributed by atoms with Gasteiger partial charge in [0, 0.05) is 38.3 Å². The van der Waals surface area contributed by atoms with Gasteiger partial charge in [-0.2, -0.15) is 0 Å². The van der Waals surface area contributed by atoms with Gasteiger partial charge in [0.05, 0.1) is 36.5 Å². The van der Waals surface area contributed by atoms with Crippen molar-refractivity contribution in [3.8, 4) is 11.3 Å². The maximum atomic E-state index is 13.5. The molecule has 1 aliphatic carbocycles. The predicted molar refractivity (Wildman–Crippen MR) is 147 cm³/mol. The fourth-order valence-electron chi connectivity index (χ4n) is 4.85. The van der Waals surface area contributed by atoms with Crippen molar-refractivity contribution >= 4 is 34.8 Å². The van der Waals surface area contributed by atoms with Crippen molar-refractivity contribution in [2.24, 2.45) is 18.9 Å². The van der Waals surface area contributed by atoms with Gasteiger partial charge in [-0.1, -0.05) is 6.92 Å². The van der Waals surface area contributed by atoms with Gasteiger partial charge in [0.2, 0.25) is 5.91 Å². The van der Waals surface area contributed by atoms with Crippen molar-refractivity contribution in [1.29, 1.82) is 0 Å². The Morgan fingerprint density at radius 2 is 1.88 bits per heavy atom. The van der Waals surface area contributed by atoms with E-state index in [-0.39, 0.29) is 42.6 Å². The van der Waals surface area contributed by atoms with E-state index < -0.39 is 47.5 Å². The van der Waals surface area contributed by atoms with E-state index in [1.54, 1.807) is 25.3 Å². The van der Waals surface area contributed by atoms with Crippen LogP contribution < -0.4 is 32.5 Å². The second-order valence-corrected chi connectivity index (χ2v) is 10.2. The van der Waals surface area contributed by atoms with Crippen LogP contribution in [0.3, 0.4) is 0 Å². The molecule has 5 rings (SSSR count). The van der Waals surface area contributed by atoms with Crippen LogP contribution in [0.25, 0.3) is 11.3 Å². The molecule has 41 heavy (non-hydrogen) atoms. The third-order valence-corrected chi connectivity index (χ3v) is 7.53. The molecule has 1 amide bonds. The zero-order valence-electron chi connectivity index (χ0n) is 22.6. The quantitative estimate of drug-likeness (QED) is 0.339. The number of aromatic nitrogens is 5. The molecule has 2 unspecified atom stereocenters. The average Bonchev–Trinajstić information content (AvgIpc) is 3.27. The molecule has 216 valence electrons. The molecular weight excluding hydrogens is 540 g/mol. The standard InChI is InChI=1S/C26H29F2N9O4/c1-4-15(38)10-37-24(40)21(22(29)35(3)25(37)41)32-13(2)23(39)34-19-9-30-8-18(33-19)14-5-6-20(31-7-14)36-11-16-17(12-36)26(16,27)28/h5-9,13,16-17,32H,4,10-12,29H2,1-3H3,(H,33,34,39)/t13-,16?,17?/m0/s1. The van der Waals surface area contributed by atoms with Gasteiger partial charge >= 0.3 is 5.69 Å². The van der Waals surface area contributed by atoms with Gasteiger partial charge in [0.1, 0.15) is 23.4 Å². The number of nitrogens with one attached hydrogen (secondary N) is 2. The lowest BCUT2D eigenvalue weighted by Gasteiger charge is -2.20. The first-order chi connectivity index (χ1) is 19.4. The predicted octanol–water partition coefficient (Wildman–Crippen LogP) is 1.10. The Kier molecular flexibility index (Phi) is 7.05. The summed E-state index contributed by atoms with van der Waals surface area (Å²) in [6, 6.07) is 2.49. The molecule has 1 aliphatic heterocycles. The highest BCUT2D eigenvalue weighted by Crippen LogP contribution is 2.59. The summed E-state index contributed by atoms with van der Waals surface area (Å²) in [5, 5.41) is 5.36. The average molecular weight is 570 g/mol. The van der Waals surface area contributed by atoms with E-state index in [9.17, 15) is 28.0 Å². The Morgan fingerprint density at radius 1 is 1.17 bits per heavy atom. The van der Waals surface area contributed by atoms with Gasteiger partial charge in [-0.25, -0.2) is 23.5 Å². The van der Waals surface area contributed by atoms with Gasteiger partial charge in [0.15, 0.2) is 11.6 Å². The summed E-state index contributed by atoms with van der Waals surface area (Å²) in [5.74, 6) is -4.12. The van der Waals surface area contributed by atoms with Gasteiger partial charge in [-0.3, -0.25) is 28.5 Å². The number of alkyl halides is 2. The molecule has 3 atom stereocenters. The molecule has 3 aromatic rings. The minimum absolute atomic E-state index is 0.131. The first-order valence-corrected chi connectivity index (χ1v) is 13.0. The van der Waals surface area contributed by atoms with Crippen molar-refractivity contribution in [1.82, 2.24) is 24.1 Å². The van der Waals surface area contributed by atoms with E-state index in [1.165, 1.54) is 26.4 Å². The van der Waals surface area contributed by atoms with Crippen LogP contribution >= 0.6 is 0 Å². The van der Waals surface area contributed by atoms with E-state index in [0.717, 1.165) is 9.13 Å². The van der Waals surface area contributed by atoms with Crippen molar-refractivity contribution in [3.63, 3.8) is 0 Å². The first-order valence-electron chi connectivity index (χ1n) is 13.0. The lowest BCUT2D eigenvalue weighted by molar-refractivity contribution is -0.119. The summed E-state index contributed by atoms with van der Waals surface area (Å²) >= 11 is 0. The Morgan fingerprint density at radius 3 is 2.51 bits per heavy atom. The molecule has 0 aromatic carbocycles. The molecule has 15 heteroatoms. The number of carbonyl (C=O) groups excluding carboxylic acids is 2. The van der Waals surface area contributed by atoms with Crippen LogP contribution in [0.1, 0.15) is 20.3 Å². The first kappa shape index (κ1) is 27.9. The van der Waals surface area contributed by atoms with E-state index in [4.69, 9.17) is 5.73 Å². The van der Waals surface area contributed by atoms with Crippen molar-refractivity contribution < 1.29 is 18.4 Å². The summed E-state index contributed by atoms with van der Waals surface area (Å²) in [4.78, 5) is 65.0. The fourth-order valence-corrected chi connectivity index (χ4v) is 4.85. The number of rotatable bonds is 9. The lowest BCUT2D eigenvalue weighted by Crippen LogP contribution is -2.44. The number of piperidine rings is 1. The molecule has 1 saturated carbocycles. The van der Waals surface area contributed by atoms with Crippen LogP contribution in [0.2, 0.25) is 0 Å². The highest BCUT2D eigenvalue weighted by Gasteiger charge is 2.71. The van der Waals surface area contributed by atoms with Gasteiger partial charge < -0.3 is 21.3 Å². The van der Waals surface area contributed by atoms with E-state index in [2.05, 4.69) is 25.6 Å². The number of pyridine rings is 1. The summed E-state index contributed by atoms with van der Waals surface area (Å²) in [5.41, 5.74) is 5.26. The Hall–Kier alpha value is -4.69. The van der Waals surface area contributed by atoms with Crippen LogP contribution in [-0.4, -0.2) is 60.8 Å². The smallest absolute Gasteiger partial charge is 0.332 e. The monoisotopic (exact) mass is 569 g/mol. The van der Waals surface area contributed by atoms with Crippen LogP contribution in [0.5, 0.6) is 0 Å². The molecule has 1 saturated heterocycles. The van der Waals surface area contributed by atoms with Crippen molar-refractivity contribution in [3.05, 3.63) is 51.6 Å².